The van der Waals surface area contributed by atoms with E-state index in [9.17, 15) is 4.79 Å². The second-order valence-electron chi connectivity index (χ2n) is 4.73. The molecule has 0 atom stereocenters. The standard InChI is InChI=1S/C16H14N4O3S/c1-23-13-5-3-2-4-10(13)12-8-17-7-6-11(12)15(22)18-16-20-19-14(9-21)24-16/h2-8,21H,9H2,1H3,(H,18,20,22). The van der Waals surface area contributed by atoms with Crippen molar-refractivity contribution in [3.63, 3.8) is 0 Å². The van der Waals surface area contributed by atoms with Gasteiger partial charge in [0.1, 0.15) is 10.8 Å². The highest BCUT2D eigenvalue weighted by atomic mass is 32.1. The van der Waals surface area contributed by atoms with Gasteiger partial charge in [-0.3, -0.25) is 15.1 Å². The van der Waals surface area contributed by atoms with Crippen LogP contribution in [0.15, 0.2) is 42.7 Å². The Hall–Kier alpha value is -2.84. The van der Waals surface area contributed by atoms with Crippen LogP contribution in [0.4, 0.5) is 5.13 Å². The first-order valence-electron chi connectivity index (χ1n) is 7.05. The summed E-state index contributed by atoms with van der Waals surface area (Å²) < 4.78 is 5.36. The average molecular weight is 342 g/mol. The molecule has 0 saturated heterocycles. The summed E-state index contributed by atoms with van der Waals surface area (Å²) in [5, 5.41) is 20.1. The van der Waals surface area contributed by atoms with Crippen molar-refractivity contribution >= 4 is 22.4 Å². The molecule has 3 rings (SSSR count). The molecular weight excluding hydrogens is 328 g/mol. The van der Waals surface area contributed by atoms with E-state index in [1.165, 1.54) is 0 Å². The fourth-order valence-corrected chi connectivity index (χ4v) is 2.80. The first-order chi connectivity index (χ1) is 11.7. The van der Waals surface area contributed by atoms with Crippen LogP contribution in [0.2, 0.25) is 0 Å². The lowest BCUT2D eigenvalue weighted by Gasteiger charge is -2.11. The average Bonchev–Trinajstić information content (AvgIpc) is 3.09. The number of anilines is 1. The second-order valence-corrected chi connectivity index (χ2v) is 5.80. The minimum Gasteiger partial charge on any atom is -0.496 e. The first-order valence-corrected chi connectivity index (χ1v) is 7.86. The highest BCUT2D eigenvalue weighted by Gasteiger charge is 2.17. The van der Waals surface area contributed by atoms with Crippen LogP contribution in [0, 0.1) is 0 Å². The minimum absolute atomic E-state index is 0.213. The zero-order chi connectivity index (χ0) is 16.9. The predicted molar refractivity (Wildman–Crippen MR) is 90.0 cm³/mol. The molecule has 24 heavy (non-hydrogen) atoms. The molecule has 0 aliphatic heterocycles. The number of pyridine rings is 1. The van der Waals surface area contributed by atoms with Crippen molar-refractivity contribution < 1.29 is 14.6 Å². The van der Waals surface area contributed by atoms with Crippen LogP contribution >= 0.6 is 11.3 Å². The molecule has 0 aliphatic carbocycles. The van der Waals surface area contributed by atoms with Gasteiger partial charge in [-0.2, -0.15) is 0 Å². The molecular formula is C16H14N4O3S. The summed E-state index contributed by atoms with van der Waals surface area (Å²) in [6, 6.07) is 9.04. The molecule has 8 heteroatoms. The Bertz CT molecular complexity index is 866. The number of aliphatic hydroxyl groups is 1. The Labute approximate surface area is 142 Å². The van der Waals surface area contributed by atoms with Crippen LogP contribution in [0.5, 0.6) is 5.75 Å². The Kier molecular flexibility index (Phi) is 4.78. The third-order valence-electron chi connectivity index (χ3n) is 3.29. The van der Waals surface area contributed by atoms with Crippen molar-refractivity contribution in [3.05, 3.63) is 53.3 Å². The van der Waals surface area contributed by atoms with E-state index in [2.05, 4.69) is 20.5 Å². The number of aliphatic hydroxyl groups excluding tert-OH is 1. The van der Waals surface area contributed by atoms with E-state index in [4.69, 9.17) is 9.84 Å². The fourth-order valence-electron chi connectivity index (χ4n) is 2.21. The van der Waals surface area contributed by atoms with Gasteiger partial charge < -0.3 is 9.84 Å². The van der Waals surface area contributed by atoms with Gasteiger partial charge in [0, 0.05) is 23.5 Å². The maximum Gasteiger partial charge on any atom is 0.258 e. The van der Waals surface area contributed by atoms with Gasteiger partial charge in [0.05, 0.1) is 19.3 Å². The third kappa shape index (κ3) is 3.24. The quantitative estimate of drug-likeness (QED) is 0.739. The van der Waals surface area contributed by atoms with Crippen molar-refractivity contribution in [2.24, 2.45) is 0 Å². The van der Waals surface area contributed by atoms with Gasteiger partial charge in [-0.15, -0.1) is 10.2 Å². The van der Waals surface area contributed by atoms with E-state index in [-0.39, 0.29) is 12.5 Å². The molecule has 1 aromatic carbocycles. The molecule has 0 aliphatic rings. The zero-order valence-corrected chi connectivity index (χ0v) is 13.6. The largest absolute Gasteiger partial charge is 0.496 e. The minimum atomic E-state index is -0.334. The van der Waals surface area contributed by atoms with Gasteiger partial charge in [-0.1, -0.05) is 29.5 Å². The first kappa shape index (κ1) is 16.0. The Morgan fingerprint density at radius 2 is 2.08 bits per heavy atom. The molecule has 0 bridgehead atoms. The maximum atomic E-state index is 12.6. The molecule has 0 radical (unpaired) electrons. The molecule has 122 valence electrons. The number of carbonyl (C=O) groups is 1. The molecule has 0 unspecified atom stereocenters. The van der Waals surface area contributed by atoms with E-state index in [1.54, 1.807) is 25.6 Å². The Morgan fingerprint density at radius 3 is 2.83 bits per heavy atom. The monoisotopic (exact) mass is 342 g/mol. The number of nitrogens with one attached hydrogen (secondary N) is 1. The number of methoxy groups -OCH3 is 1. The van der Waals surface area contributed by atoms with Gasteiger partial charge in [-0.05, 0) is 12.1 Å². The maximum absolute atomic E-state index is 12.6. The summed E-state index contributed by atoms with van der Waals surface area (Å²) in [7, 11) is 1.58. The lowest BCUT2D eigenvalue weighted by Crippen LogP contribution is -2.13. The Morgan fingerprint density at radius 1 is 1.25 bits per heavy atom. The number of aromatic nitrogens is 3. The summed E-state index contributed by atoms with van der Waals surface area (Å²) in [4.78, 5) is 16.7. The zero-order valence-electron chi connectivity index (χ0n) is 12.8. The highest BCUT2D eigenvalue weighted by Crippen LogP contribution is 2.32. The van der Waals surface area contributed by atoms with E-state index in [0.29, 0.717) is 27.0 Å². The smallest absolute Gasteiger partial charge is 0.258 e. The van der Waals surface area contributed by atoms with Crippen molar-refractivity contribution in [1.29, 1.82) is 0 Å². The summed E-state index contributed by atoms with van der Waals surface area (Å²) in [6.45, 7) is -0.213. The fraction of sp³-hybridized carbons (Fsp3) is 0.125. The normalized spacial score (nSPS) is 10.4. The van der Waals surface area contributed by atoms with Crippen molar-refractivity contribution in [3.8, 4) is 16.9 Å². The third-order valence-corrected chi connectivity index (χ3v) is 4.11. The summed E-state index contributed by atoms with van der Waals surface area (Å²) in [5.74, 6) is 0.317. The number of amides is 1. The molecule has 0 spiro atoms. The molecule has 1 amide bonds. The molecule has 2 heterocycles. The van der Waals surface area contributed by atoms with Crippen LogP contribution in [-0.2, 0) is 6.61 Å². The van der Waals surface area contributed by atoms with Crippen LogP contribution in [0.25, 0.3) is 11.1 Å². The molecule has 2 N–H and O–H groups in total. The molecule has 2 aromatic heterocycles. The number of hydrogen-bond acceptors (Lipinski definition) is 7. The molecule has 0 fully saturated rings. The van der Waals surface area contributed by atoms with E-state index in [1.807, 2.05) is 24.3 Å². The summed E-state index contributed by atoms with van der Waals surface area (Å²) in [6.07, 6.45) is 3.17. The van der Waals surface area contributed by atoms with E-state index >= 15 is 0 Å². The number of benzene rings is 1. The van der Waals surface area contributed by atoms with Crippen LogP contribution in [-0.4, -0.2) is 33.3 Å². The lowest BCUT2D eigenvalue weighted by atomic mass is 10.0. The van der Waals surface area contributed by atoms with Crippen molar-refractivity contribution in [1.82, 2.24) is 15.2 Å². The van der Waals surface area contributed by atoms with Gasteiger partial charge in [0.2, 0.25) is 5.13 Å². The number of ether oxygens (including phenoxy) is 1. The van der Waals surface area contributed by atoms with Gasteiger partial charge in [-0.25, -0.2) is 0 Å². The van der Waals surface area contributed by atoms with E-state index < -0.39 is 0 Å². The Balaban J connectivity index is 1.95. The van der Waals surface area contributed by atoms with Crippen LogP contribution < -0.4 is 10.1 Å². The lowest BCUT2D eigenvalue weighted by molar-refractivity contribution is 0.102. The number of rotatable bonds is 5. The number of para-hydroxylation sites is 1. The van der Waals surface area contributed by atoms with Crippen molar-refractivity contribution in [2.75, 3.05) is 12.4 Å². The summed E-state index contributed by atoms with van der Waals surface area (Å²) in [5.41, 5.74) is 1.86. The number of nitrogens with zero attached hydrogens (tertiary/aromatic N) is 3. The summed E-state index contributed by atoms with van der Waals surface area (Å²) >= 11 is 1.12. The molecule has 3 aromatic rings. The van der Waals surface area contributed by atoms with E-state index in [0.717, 1.165) is 16.9 Å². The predicted octanol–water partition coefficient (Wildman–Crippen LogP) is 2.35. The SMILES string of the molecule is COc1ccccc1-c1cnccc1C(=O)Nc1nnc(CO)s1. The second kappa shape index (κ2) is 7.16. The number of carbonyl (C=O) groups excluding carboxylic acids is 1. The van der Waals surface area contributed by atoms with Gasteiger partial charge >= 0.3 is 0 Å². The van der Waals surface area contributed by atoms with Crippen molar-refractivity contribution in [2.45, 2.75) is 6.61 Å². The molecule has 0 saturated carbocycles. The van der Waals surface area contributed by atoms with Gasteiger partial charge in [0.15, 0.2) is 0 Å². The van der Waals surface area contributed by atoms with Crippen LogP contribution in [0.1, 0.15) is 15.4 Å². The van der Waals surface area contributed by atoms with Crippen LogP contribution in [0.3, 0.4) is 0 Å². The molecule has 7 nitrogen and oxygen atoms in total. The topological polar surface area (TPSA) is 97.2 Å². The highest BCUT2D eigenvalue weighted by molar-refractivity contribution is 7.15. The number of hydrogen-bond donors (Lipinski definition) is 2. The van der Waals surface area contributed by atoms with Gasteiger partial charge in [0.25, 0.3) is 5.91 Å².